The predicted octanol–water partition coefficient (Wildman–Crippen LogP) is 4.61. The predicted molar refractivity (Wildman–Crippen MR) is 76.2 cm³/mol. The Morgan fingerprint density at radius 1 is 1.39 bits per heavy atom. The Hall–Kier alpha value is -0.830. The standard InChI is InChI=1S/C15H19BrO2/c1-2-9-18-14-8-7-12(10-13(14)16)15(17)11-5-3-4-6-11/h7-8,10-11H,2-6,9H2,1H3. The molecule has 0 atom stereocenters. The summed E-state index contributed by atoms with van der Waals surface area (Å²) in [7, 11) is 0. The number of ketones is 1. The molecule has 0 aromatic heterocycles. The van der Waals surface area contributed by atoms with Gasteiger partial charge in [-0.2, -0.15) is 0 Å². The molecule has 0 amide bonds. The average Bonchev–Trinajstić information content (AvgIpc) is 2.90. The van der Waals surface area contributed by atoms with Crippen LogP contribution >= 0.6 is 15.9 Å². The Morgan fingerprint density at radius 3 is 2.72 bits per heavy atom. The maximum absolute atomic E-state index is 12.3. The molecule has 1 aliphatic carbocycles. The van der Waals surface area contributed by atoms with E-state index in [9.17, 15) is 4.79 Å². The zero-order valence-electron chi connectivity index (χ0n) is 10.7. The molecule has 1 aromatic rings. The van der Waals surface area contributed by atoms with Crippen molar-refractivity contribution >= 4 is 21.7 Å². The fourth-order valence-corrected chi connectivity index (χ4v) is 2.90. The SMILES string of the molecule is CCCOc1ccc(C(=O)C2CCCC2)cc1Br. The van der Waals surface area contributed by atoms with Gasteiger partial charge < -0.3 is 4.74 Å². The Bertz CT molecular complexity index is 423. The van der Waals surface area contributed by atoms with Crippen LogP contribution < -0.4 is 4.74 Å². The molecule has 0 bridgehead atoms. The molecule has 0 N–H and O–H groups in total. The fraction of sp³-hybridized carbons (Fsp3) is 0.533. The number of hydrogen-bond donors (Lipinski definition) is 0. The molecule has 1 fully saturated rings. The minimum Gasteiger partial charge on any atom is -0.492 e. The van der Waals surface area contributed by atoms with Crippen molar-refractivity contribution in [1.82, 2.24) is 0 Å². The third-order valence-electron chi connectivity index (χ3n) is 3.40. The zero-order chi connectivity index (χ0) is 13.0. The van der Waals surface area contributed by atoms with Crippen LogP contribution in [0.3, 0.4) is 0 Å². The number of carbonyl (C=O) groups is 1. The van der Waals surface area contributed by atoms with E-state index in [1.165, 1.54) is 12.8 Å². The van der Waals surface area contributed by atoms with Crippen molar-refractivity contribution in [2.45, 2.75) is 39.0 Å². The van der Waals surface area contributed by atoms with Crippen LogP contribution in [0.25, 0.3) is 0 Å². The number of hydrogen-bond acceptors (Lipinski definition) is 2. The minimum atomic E-state index is 0.235. The van der Waals surface area contributed by atoms with Crippen molar-refractivity contribution in [3.05, 3.63) is 28.2 Å². The highest BCUT2D eigenvalue weighted by Crippen LogP contribution is 2.31. The molecule has 0 spiro atoms. The fourth-order valence-electron chi connectivity index (χ4n) is 2.41. The van der Waals surface area contributed by atoms with E-state index < -0.39 is 0 Å². The third kappa shape index (κ3) is 3.14. The van der Waals surface area contributed by atoms with Crippen LogP contribution in [0.1, 0.15) is 49.4 Å². The van der Waals surface area contributed by atoms with E-state index in [2.05, 4.69) is 22.9 Å². The van der Waals surface area contributed by atoms with Gasteiger partial charge in [0.15, 0.2) is 5.78 Å². The summed E-state index contributed by atoms with van der Waals surface area (Å²) >= 11 is 3.48. The molecule has 2 rings (SSSR count). The molecule has 0 aliphatic heterocycles. The van der Waals surface area contributed by atoms with Crippen LogP contribution in [0, 0.1) is 5.92 Å². The first kappa shape index (κ1) is 13.6. The van der Waals surface area contributed by atoms with Crippen molar-refractivity contribution in [2.24, 2.45) is 5.92 Å². The molecule has 98 valence electrons. The summed E-state index contributed by atoms with van der Waals surface area (Å²) in [5, 5.41) is 0. The lowest BCUT2D eigenvalue weighted by Crippen LogP contribution is -2.11. The van der Waals surface area contributed by atoms with Gasteiger partial charge >= 0.3 is 0 Å². The van der Waals surface area contributed by atoms with Gasteiger partial charge in [0.25, 0.3) is 0 Å². The molecule has 1 saturated carbocycles. The topological polar surface area (TPSA) is 26.3 Å². The highest BCUT2D eigenvalue weighted by Gasteiger charge is 2.24. The van der Waals surface area contributed by atoms with Crippen LogP contribution in [-0.4, -0.2) is 12.4 Å². The Kier molecular flexibility index (Phi) is 4.81. The van der Waals surface area contributed by atoms with Crippen molar-refractivity contribution in [1.29, 1.82) is 0 Å². The maximum atomic E-state index is 12.3. The first-order chi connectivity index (χ1) is 8.72. The third-order valence-corrected chi connectivity index (χ3v) is 4.02. The van der Waals surface area contributed by atoms with Crippen molar-refractivity contribution in [2.75, 3.05) is 6.61 Å². The van der Waals surface area contributed by atoms with Crippen LogP contribution in [0.2, 0.25) is 0 Å². The number of carbonyl (C=O) groups excluding carboxylic acids is 1. The van der Waals surface area contributed by atoms with E-state index in [4.69, 9.17) is 4.74 Å². The number of rotatable bonds is 5. The molecule has 0 heterocycles. The average molecular weight is 311 g/mol. The summed E-state index contributed by atoms with van der Waals surface area (Å²) in [5.74, 6) is 1.34. The lowest BCUT2D eigenvalue weighted by molar-refractivity contribution is 0.0923. The molecule has 0 unspecified atom stereocenters. The lowest BCUT2D eigenvalue weighted by Gasteiger charge is -2.11. The van der Waals surface area contributed by atoms with Crippen LogP contribution in [-0.2, 0) is 0 Å². The van der Waals surface area contributed by atoms with Gasteiger partial charge in [-0.1, -0.05) is 19.8 Å². The van der Waals surface area contributed by atoms with Gasteiger partial charge in [0.2, 0.25) is 0 Å². The zero-order valence-corrected chi connectivity index (χ0v) is 12.3. The molecule has 2 nitrogen and oxygen atoms in total. The maximum Gasteiger partial charge on any atom is 0.165 e. The smallest absolute Gasteiger partial charge is 0.165 e. The normalized spacial score (nSPS) is 15.9. The first-order valence-electron chi connectivity index (χ1n) is 6.69. The quantitative estimate of drug-likeness (QED) is 0.742. The van der Waals surface area contributed by atoms with E-state index in [1.54, 1.807) is 0 Å². The molecular formula is C15H19BrO2. The largest absolute Gasteiger partial charge is 0.492 e. The van der Waals surface area contributed by atoms with Crippen molar-refractivity contribution in [3.63, 3.8) is 0 Å². The summed E-state index contributed by atoms with van der Waals surface area (Å²) < 4.78 is 6.46. The minimum absolute atomic E-state index is 0.235. The lowest BCUT2D eigenvalue weighted by atomic mass is 9.96. The molecule has 1 aromatic carbocycles. The van der Waals surface area contributed by atoms with Crippen molar-refractivity contribution in [3.8, 4) is 5.75 Å². The van der Waals surface area contributed by atoms with Crippen LogP contribution in [0.4, 0.5) is 0 Å². The summed E-state index contributed by atoms with van der Waals surface area (Å²) in [4.78, 5) is 12.3. The van der Waals surface area contributed by atoms with Crippen LogP contribution in [0.5, 0.6) is 5.75 Å². The summed E-state index contributed by atoms with van der Waals surface area (Å²) in [5.41, 5.74) is 0.803. The van der Waals surface area contributed by atoms with E-state index >= 15 is 0 Å². The van der Waals surface area contributed by atoms with E-state index in [0.717, 1.165) is 35.0 Å². The monoisotopic (exact) mass is 310 g/mol. The molecule has 3 heteroatoms. The number of halogens is 1. The van der Waals surface area contributed by atoms with E-state index in [1.807, 2.05) is 18.2 Å². The number of ether oxygens (including phenoxy) is 1. The molecule has 18 heavy (non-hydrogen) atoms. The van der Waals surface area contributed by atoms with Gasteiger partial charge in [-0.05, 0) is 53.4 Å². The summed E-state index contributed by atoms with van der Waals surface area (Å²) in [6.07, 6.45) is 5.45. The van der Waals surface area contributed by atoms with Gasteiger partial charge in [-0.15, -0.1) is 0 Å². The highest BCUT2D eigenvalue weighted by molar-refractivity contribution is 9.10. The molecule has 1 aliphatic rings. The van der Waals surface area contributed by atoms with Gasteiger partial charge in [-0.25, -0.2) is 0 Å². The van der Waals surface area contributed by atoms with Crippen molar-refractivity contribution < 1.29 is 9.53 Å². The molecule has 0 saturated heterocycles. The number of Topliss-reactive ketones (excluding diaryl/α,β-unsaturated/α-hetero) is 1. The summed E-state index contributed by atoms with van der Waals surface area (Å²) in [6.45, 7) is 2.78. The van der Waals surface area contributed by atoms with Gasteiger partial charge in [0.05, 0.1) is 11.1 Å². The van der Waals surface area contributed by atoms with Gasteiger partial charge in [-0.3, -0.25) is 4.79 Å². The molecular weight excluding hydrogens is 292 g/mol. The van der Waals surface area contributed by atoms with Gasteiger partial charge in [0.1, 0.15) is 5.75 Å². The highest BCUT2D eigenvalue weighted by atomic mass is 79.9. The van der Waals surface area contributed by atoms with E-state index in [0.29, 0.717) is 6.61 Å². The second kappa shape index (κ2) is 6.37. The Balaban J connectivity index is 2.10. The summed E-state index contributed by atoms with van der Waals surface area (Å²) in [6, 6.07) is 5.67. The second-order valence-corrected chi connectivity index (χ2v) is 5.69. The Labute approximate surface area is 117 Å². The Morgan fingerprint density at radius 2 is 2.11 bits per heavy atom. The van der Waals surface area contributed by atoms with E-state index in [-0.39, 0.29) is 11.7 Å². The van der Waals surface area contributed by atoms with Crippen LogP contribution in [0.15, 0.2) is 22.7 Å². The molecule has 0 radical (unpaired) electrons. The van der Waals surface area contributed by atoms with Gasteiger partial charge in [0, 0.05) is 11.5 Å². The second-order valence-electron chi connectivity index (χ2n) is 4.84. The first-order valence-corrected chi connectivity index (χ1v) is 7.48. The number of benzene rings is 1.